The summed E-state index contributed by atoms with van der Waals surface area (Å²) in [6.45, 7) is 6.12. The van der Waals surface area contributed by atoms with Crippen molar-refractivity contribution in [2.45, 2.75) is 32.6 Å². The minimum absolute atomic E-state index is 0. The van der Waals surface area contributed by atoms with E-state index in [1.807, 2.05) is 30.0 Å². The van der Waals surface area contributed by atoms with Gasteiger partial charge >= 0.3 is 0 Å². The summed E-state index contributed by atoms with van der Waals surface area (Å²) < 4.78 is 6.05. The molecule has 0 bridgehead atoms. The number of hydrogen-bond donors (Lipinski definition) is 1. The predicted octanol–water partition coefficient (Wildman–Crippen LogP) is 4.47. The van der Waals surface area contributed by atoms with Crippen LogP contribution < -0.4 is 15.4 Å². The Kier molecular flexibility index (Phi) is 12.7. The molecular weight excluding hydrogens is 495 g/mol. The second-order valence-corrected chi connectivity index (χ2v) is 9.50. The van der Waals surface area contributed by atoms with Crippen LogP contribution in [0.15, 0.2) is 30.3 Å². The Morgan fingerprint density at radius 3 is 2.41 bits per heavy atom. The van der Waals surface area contributed by atoms with E-state index in [2.05, 4.69) is 11.9 Å². The van der Waals surface area contributed by atoms with Crippen molar-refractivity contribution in [2.75, 3.05) is 57.5 Å². The zero-order valence-electron chi connectivity index (χ0n) is 20.1. The fourth-order valence-electron chi connectivity index (χ4n) is 3.71. The fourth-order valence-corrected chi connectivity index (χ4v) is 4.46. The number of halogens is 2. The van der Waals surface area contributed by atoms with Crippen LogP contribution in [0.25, 0.3) is 0 Å². The summed E-state index contributed by atoms with van der Waals surface area (Å²) in [4.78, 5) is 31.6. The molecule has 34 heavy (non-hydrogen) atoms. The summed E-state index contributed by atoms with van der Waals surface area (Å²) in [7, 11) is 3.84. The van der Waals surface area contributed by atoms with Gasteiger partial charge in [-0.2, -0.15) is 0 Å². The lowest BCUT2D eigenvalue weighted by Gasteiger charge is -2.32. The van der Waals surface area contributed by atoms with Gasteiger partial charge in [0, 0.05) is 39.6 Å². The third-order valence-electron chi connectivity index (χ3n) is 5.77. The van der Waals surface area contributed by atoms with E-state index in [9.17, 15) is 9.59 Å². The lowest BCUT2D eigenvalue weighted by molar-refractivity contribution is -0.132. The Hall–Kier alpha value is -2.00. The van der Waals surface area contributed by atoms with Gasteiger partial charge in [0.25, 0.3) is 5.91 Å². The van der Waals surface area contributed by atoms with Crippen LogP contribution >= 0.6 is 36.2 Å². The first-order valence-electron chi connectivity index (χ1n) is 11.2. The Morgan fingerprint density at radius 2 is 1.76 bits per heavy atom. The van der Waals surface area contributed by atoms with Crippen LogP contribution in [-0.2, 0) is 4.79 Å². The van der Waals surface area contributed by atoms with Gasteiger partial charge in [0.2, 0.25) is 5.91 Å². The maximum Gasteiger partial charge on any atom is 0.268 e. The molecule has 0 spiro atoms. The van der Waals surface area contributed by atoms with Crippen molar-refractivity contribution in [1.29, 1.82) is 0 Å². The molecule has 7 nitrogen and oxygen atoms in total. The molecule has 1 aliphatic heterocycles. The van der Waals surface area contributed by atoms with Gasteiger partial charge in [-0.15, -0.1) is 36.2 Å². The third kappa shape index (κ3) is 8.34. The number of nitrogen functional groups attached to an aromatic ring is 1. The number of amides is 2. The van der Waals surface area contributed by atoms with Gasteiger partial charge in [0.15, 0.2) is 0 Å². The number of ether oxygens (including phenoxy) is 1. The van der Waals surface area contributed by atoms with Crippen molar-refractivity contribution < 1.29 is 14.3 Å². The normalized spacial score (nSPS) is 13.6. The largest absolute Gasteiger partial charge is 0.491 e. The summed E-state index contributed by atoms with van der Waals surface area (Å²) in [6, 6.07) is 9.33. The average molecular weight is 532 g/mol. The first kappa shape index (κ1) is 30.0. The highest BCUT2D eigenvalue weighted by atomic mass is 35.5. The number of thiophene rings is 1. The molecule has 1 aliphatic rings. The van der Waals surface area contributed by atoms with E-state index in [0.717, 1.165) is 56.7 Å². The third-order valence-corrected chi connectivity index (χ3v) is 6.67. The molecule has 1 aromatic carbocycles. The SMILES string of the molecule is Cc1ccc(N(C)C(=O)c2ccc(N)s2)c(OCCCCCC(=O)N2CCN(C)CC2)c1.Cl.Cl. The molecule has 0 unspecified atom stereocenters. The summed E-state index contributed by atoms with van der Waals surface area (Å²) in [6.07, 6.45) is 3.26. The van der Waals surface area contributed by atoms with E-state index >= 15 is 0 Å². The Bertz CT molecular complexity index is 933. The highest BCUT2D eigenvalue weighted by Crippen LogP contribution is 2.31. The van der Waals surface area contributed by atoms with Gasteiger partial charge < -0.3 is 25.2 Å². The molecule has 3 rings (SSSR count). The lowest BCUT2D eigenvalue weighted by Crippen LogP contribution is -2.47. The van der Waals surface area contributed by atoms with Crippen molar-refractivity contribution >= 4 is 58.7 Å². The van der Waals surface area contributed by atoms with Crippen LogP contribution in [0, 0.1) is 6.92 Å². The number of piperazine rings is 1. The number of hydrogen-bond acceptors (Lipinski definition) is 6. The zero-order valence-corrected chi connectivity index (χ0v) is 22.6. The maximum atomic E-state index is 12.8. The molecule has 1 fully saturated rings. The second-order valence-electron chi connectivity index (χ2n) is 8.38. The summed E-state index contributed by atoms with van der Waals surface area (Å²) in [5.74, 6) is 0.844. The fraction of sp³-hybridized carbons (Fsp3) is 0.500. The zero-order chi connectivity index (χ0) is 23.1. The Labute approximate surface area is 219 Å². The molecule has 0 aliphatic carbocycles. The smallest absolute Gasteiger partial charge is 0.268 e. The standard InChI is InChI=1S/C24H34N4O3S.2ClH/c1-18-8-9-19(27(3)24(30)21-10-11-22(25)32-21)20(17-18)31-16-6-4-5-7-23(29)28-14-12-26(2)13-15-28;;/h8-11,17H,4-7,12-16,25H2,1-3H3;2*1H. The summed E-state index contributed by atoms with van der Waals surface area (Å²) in [5.41, 5.74) is 7.58. The van der Waals surface area contributed by atoms with Gasteiger partial charge in [-0.05, 0) is 63.1 Å². The number of carbonyl (C=O) groups is 2. The van der Waals surface area contributed by atoms with E-state index < -0.39 is 0 Å². The van der Waals surface area contributed by atoms with Crippen LogP contribution in [0.2, 0.25) is 0 Å². The maximum absolute atomic E-state index is 12.8. The first-order valence-corrected chi connectivity index (χ1v) is 12.0. The van der Waals surface area contributed by atoms with Crippen LogP contribution in [0.3, 0.4) is 0 Å². The van der Waals surface area contributed by atoms with Crippen LogP contribution in [0.5, 0.6) is 5.75 Å². The number of unbranched alkanes of at least 4 members (excludes halogenated alkanes) is 2. The number of nitrogens with two attached hydrogens (primary N) is 1. The first-order chi connectivity index (χ1) is 15.3. The molecule has 0 atom stereocenters. The minimum Gasteiger partial charge on any atom is -0.491 e. The number of carbonyl (C=O) groups excluding carboxylic acids is 2. The van der Waals surface area contributed by atoms with Crippen molar-refractivity contribution in [3.63, 3.8) is 0 Å². The molecule has 1 aromatic heterocycles. The second kappa shape index (κ2) is 14.4. The molecule has 2 N–H and O–H groups in total. The van der Waals surface area contributed by atoms with E-state index in [4.69, 9.17) is 10.5 Å². The van der Waals surface area contributed by atoms with Crippen LogP contribution in [-0.4, -0.2) is 68.5 Å². The van der Waals surface area contributed by atoms with Crippen molar-refractivity contribution in [2.24, 2.45) is 0 Å². The average Bonchev–Trinajstić information content (AvgIpc) is 3.22. The number of aryl methyl sites for hydroxylation is 1. The molecule has 1 saturated heterocycles. The summed E-state index contributed by atoms with van der Waals surface area (Å²) >= 11 is 1.28. The highest BCUT2D eigenvalue weighted by Gasteiger charge is 2.20. The molecule has 190 valence electrons. The van der Waals surface area contributed by atoms with Gasteiger partial charge in [-0.25, -0.2) is 0 Å². The number of anilines is 2. The highest BCUT2D eigenvalue weighted by molar-refractivity contribution is 7.17. The van der Waals surface area contributed by atoms with Crippen LogP contribution in [0.4, 0.5) is 10.7 Å². The van der Waals surface area contributed by atoms with Gasteiger partial charge in [0.1, 0.15) is 5.75 Å². The molecule has 2 heterocycles. The minimum atomic E-state index is -0.108. The summed E-state index contributed by atoms with van der Waals surface area (Å²) in [5, 5.41) is 0.619. The number of nitrogens with zero attached hydrogens (tertiary/aromatic N) is 3. The van der Waals surface area contributed by atoms with Gasteiger partial charge in [-0.1, -0.05) is 6.07 Å². The molecule has 10 heteroatoms. The molecule has 2 amide bonds. The van der Waals surface area contributed by atoms with E-state index in [-0.39, 0.29) is 36.6 Å². The topological polar surface area (TPSA) is 79.1 Å². The molecule has 0 saturated carbocycles. The van der Waals surface area contributed by atoms with Gasteiger partial charge in [-0.3, -0.25) is 9.59 Å². The van der Waals surface area contributed by atoms with Crippen molar-refractivity contribution in [1.82, 2.24) is 9.80 Å². The Balaban J connectivity index is 0.00000289. The molecule has 2 aromatic rings. The monoisotopic (exact) mass is 530 g/mol. The quantitative estimate of drug-likeness (QED) is 0.483. The van der Waals surface area contributed by atoms with Gasteiger partial charge in [0.05, 0.1) is 22.2 Å². The lowest BCUT2D eigenvalue weighted by atomic mass is 10.1. The van der Waals surface area contributed by atoms with Crippen LogP contribution in [0.1, 0.15) is 40.9 Å². The van der Waals surface area contributed by atoms with E-state index in [1.54, 1.807) is 24.1 Å². The van der Waals surface area contributed by atoms with E-state index in [1.165, 1.54) is 11.3 Å². The van der Waals surface area contributed by atoms with E-state index in [0.29, 0.717) is 28.7 Å². The van der Waals surface area contributed by atoms with Crippen molar-refractivity contribution in [3.05, 3.63) is 40.8 Å². The Morgan fingerprint density at radius 1 is 1.06 bits per heavy atom. The molecule has 0 radical (unpaired) electrons. The van der Waals surface area contributed by atoms with Crippen molar-refractivity contribution in [3.8, 4) is 5.75 Å². The molecular formula is C24H36Cl2N4O3S. The number of benzene rings is 1. The predicted molar refractivity (Wildman–Crippen MR) is 145 cm³/mol. The number of rotatable bonds is 9. The number of likely N-dealkylation sites (N-methyl/N-ethyl adjacent to an activating group) is 1.